The second-order valence-electron chi connectivity index (χ2n) is 9.40. The summed E-state index contributed by atoms with van der Waals surface area (Å²) in [6.45, 7) is 5.34. The largest absolute Gasteiger partial charge is 0.490 e. The van der Waals surface area contributed by atoms with E-state index < -0.39 is 0 Å². The molecule has 2 aromatic heterocycles. The molecule has 0 bridgehead atoms. The van der Waals surface area contributed by atoms with Gasteiger partial charge in [0.15, 0.2) is 5.75 Å². The molecule has 2 aromatic rings. The van der Waals surface area contributed by atoms with Crippen LogP contribution in [-0.2, 0) is 11.3 Å². The highest BCUT2D eigenvalue weighted by molar-refractivity contribution is 7.99. The van der Waals surface area contributed by atoms with Crippen LogP contribution in [0.1, 0.15) is 31.0 Å². The number of hydrogen-bond donors (Lipinski definition) is 2. The molecule has 1 amide bonds. The van der Waals surface area contributed by atoms with Crippen molar-refractivity contribution >= 4 is 54.0 Å². The summed E-state index contributed by atoms with van der Waals surface area (Å²) in [5.41, 5.74) is 1.91. The third-order valence-electron chi connectivity index (χ3n) is 7.25. The van der Waals surface area contributed by atoms with Gasteiger partial charge in [0.25, 0.3) is 5.56 Å². The van der Waals surface area contributed by atoms with Crippen molar-refractivity contribution in [3.63, 3.8) is 0 Å². The first-order chi connectivity index (χ1) is 16.7. The molecule has 0 spiro atoms. The molecular formula is C24H32Cl2N6O3S. The van der Waals surface area contributed by atoms with E-state index in [4.69, 9.17) is 4.74 Å². The number of nitrogens with one attached hydrogen (secondary N) is 2. The molecular weight excluding hydrogens is 523 g/mol. The van der Waals surface area contributed by atoms with Crippen LogP contribution in [0.5, 0.6) is 5.75 Å². The molecule has 6 heterocycles. The Labute approximate surface area is 227 Å². The fraction of sp³-hybridized carbons (Fsp3) is 0.542. The number of anilines is 2. The van der Waals surface area contributed by atoms with Crippen LogP contribution in [0.3, 0.4) is 0 Å². The number of amides is 1. The van der Waals surface area contributed by atoms with E-state index in [0.717, 1.165) is 80.7 Å². The second kappa shape index (κ2) is 11.6. The van der Waals surface area contributed by atoms with Crippen LogP contribution >= 0.6 is 36.6 Å². The Bertz CT molecular complexity index is 1160. The van der Waals surface area contributed by atoms with Crippen LogP contribution in [0.4, 0.5) is 11.5 Å². The highest BCUT2D eigenvalue weighted by Gasteiger charge is 2.35. The molecule has 0 aliphatic carbocycles. The lowest BCUT2D eigenvalue weighted by Crippen LogP contribution is -2.51. The van der Waals surface area contributed by atoms with Gasteiger partial charge in [-0.25, -0.2) is 0 Å². The Morgan fingerprint density at radius 3 is 2.81 bits per heavy atom. The molecule has 36 heavy (non-hydrogen) atoms. The van der Waals surface area contributed by atoms with Gasteiger partial charge in [-0.2, -0.15) is 0 Å². The topological polar surface area (TPSA) is 91.7 Å². The van der Waals surface area contributed by atoms with Crippen molar-refractivity contribution in [1.29, 1.82) is 0 Å². The number of pyridine rings is 2. The van der Waals surface area contributed by atoms with Crippen LogP contribution in [0.2, 0.25) is 0 Å². The molecule has 0 radical (unpaired) electrons. The van der Waals surface area contributed by atoms with E-state index in [1.54, 1.807) is 17.0 Å². The van der Waals surface area contributed by atoms with Crippen LogP contribution in [0, 0.1) is 0 Å². The smallest absolute Gasteiger partial charge is 0.252 e. The number of carbonyl (C=O) groups is 1. The van der Waals surface area contributed by atoms with Gasteiger partial charge >= 0.3 is 0 Å². The zero-order valence-corrected chi connectivity index (χ0v) is 22.4. The number of ether oxygens (including phenoxy) is 1. The highest BCUT2D eigenvalue weighted by atomic mass is 35.5. The maximum absolute atomic E-state index is 12.8. The highest BCUT2D eigenvalue weighted by Crippen LogP contribution is 2.36. The maximum Gasteiger partial charge on any atom is 0.252 e. The summed E-state index contributed by atoms with van der Waals surface area (Å²) in [5.74, 6) is 2.68. The summed E-state index contributed by atoms with van der Waals surface area (Å²) in [4.78, 5) is 35.1. The number of halogens is 2. The number of likely N-dealkylation sites (tertiary alicyclic amines) is 1. The number of carbonyl (C=O) groups excluding carboxylic acids is 1. The summed E-state index contributed by atoms with van der Waals surface area (Å²) < 4.78 is 7.49. The molecule has 0 aromatic carbocycles. The monoisotopic (exact) mass is 554 g/mol. The van der Waals surface area contributed by atoms with E-state index in [-0.39, 0.29) is 42.3 Å². The van der Waals surface area contributed by atoms with Crippen molar-refractivity contribution in [1.82, 2.24) is 19.8 Å². The number of thioether (sulfide) groups is 1. The average Bonchev–Trinajstić information content (AvgIpc) is 2.87. The number of aromatic nitrogens is 2. The minimum atomic E-state index is -0.0254. The molecule has 0 unspecified atom stereocenters. The first-order valence-corrected chi connectivity index (χ1v) is 13.1. The Hall–Kier alpha value is -1.98. The summed E-state index contributed by atoms with van der Waals surface area (Å²) >= 11 is 1.83. The number of rotatable bonds is 5. The van der Waals surface area contributed by atoms with Crippen molar-refractivity contribution < 1.29 is 9.53 Å². The van der Waals surface area contributed by atoms with Crippen molar-refractivity contribution in [2.24, 2.45) is 0 Å². The van der Waals surface area contributed by atoms with Gasteiger partial charge in [-0.1, -0.05) is 0 Å². The lowest BCUT2D eigenvalue weighted by atomic mass is 10.0. The van der Waals surface area contributed by atoms with E-state index in [1.807, 2.05) is 22.5 Å². The van der Waals surface area contributed by atoms with Gasteiger partial charge in [0.05, 0.1) is 41.7 Å². The lowest BCUT2D eigenvalue weighted by molar-refractivity contribution is -0.117. The summed E-state index contributed by atoms with van der Waals surface area (Å²) in [6, 6.07) is 6.12. The average molecular weight is 556 g/mol. The third kappa shape index (κ3) is 5.33. The van der Waals surface area contributed by atoms with E-state index in [1.165, 1.54) is 4.90 Å². The fourth-order valence-corrected chi connectivity index (χ4v) is 6.32. The minimum absolute atomic E-state index is 0. The molecule has 4 aliphatic heterocycles. The third-order valence-corrected chi connectivity index (χ3v) is 8.25. The molecule has 2 N–H and O–H groups in total. The van der Waals surface area contributed by atoms with Gasteiger partial charge in [0.2, 0.25) is 5.91 Å². The molecule has 4 aliphatic rings. The van der Waals surface area contributed by atoms with Gasteiger partial charge in [0, 0.05) is 37.5 Å². The van der Waals surface area contributed by atoms with Gasteiger partial charge in [0.1, 0.15) is 5.82 Å². The summed E-state index contributed by atoms with van der Waals surface area (Å²) in [7, 11) is 0. The molecule has 196 valence electrons. The van der Waals surface area contributed by atoms with Gasteiger partial charge < -0.3 is 20.3 Å². The van der Waals surface area contributed by atoms with Crippen molar-refractivity contribution in [3.05, 3.63) is 40.4 Å². The SMILES string of the molecule is Cl.Cl.O=C1CNc2ccc(=O)n3c2N1CC[C@H]3CN1CCC(NCc2cc3c(cn2)OCCS3)CC1. The van der Waals surface area contributed by atoms with Gasteiger partial charge in [-0.05, 0) is 44.5 Å². The lowest BCUT2D eigenvalue weighted by Gasteiger charge is -2.42. The summed E-state index contributed by atoms with van der Waals surface area (Å²) in [5, 5.41) is 6.85. The first-order valence-electron chi connectivity index (χ1n) is 12.2. The normalized spacial score (nSPS) is 21.3. The molecule has 0 saturated carbocycles. The van der Waals surface area contributed by atoms with Crippen molar-refractivity contribution in [3.8, 4) is 5.75 Å². The predicted octanol–water partition coefficient (Wildman–Crippen LogP) is 2.53. The first kappa shape index (κ1) is 27.1. The van der Waals surface area contributed by atoms with Gasteiger partial charge in [-0.15, -0.1) is 36.6 Å². The zero-order chi connectivity index (χ0) is 23.1. The number of hydrogen-bond acceptors (Lipinski definition) is 8. The zero-order valence-electron chi connectivity index (χ0n) is 20.0. The van der Waals surface area contributed by atoms with E-state index in [0.29, 0.717) is 19.1 Å². The maximum atomic E-state index is 12.8. The molecule has 9 nitrogen and oxygen atoms in total. The van der Waals surface area contributed by atoms with Crippen LogP contribution < -0.4 is 25.8 Å². The number of nitrogens with zero attached hydrogens (tertiary/aromatic N) is 4. The predicted molar refractivity (Wildman–Crippen MR) is 146 cm³/mol. The molecule has 6 rings (SSSR count). The van der Waals surface area contributed by atoms with E-state index in [2.05, 4.69) is 26.6 Å². The van der Waals surface area contributed by atoms with Crippen molar-refractivity contribution in [2.75, 3.05) is 55.3 Å². The Balaban J connectivity index is 0.00000152. The Kier molecular flexibility index (Phi) is 8.72. The molecule has 1 atom stereocenters. The van der Waals surface area contributed by atoms with Crippen molar-refractivity contribution in [2.45, 2.75) is 42.8 Å². The number of piperidine rings is 1. The van der Waals surface area contributed by atoms with Crippen LogP contribution in [-0.4, -0.2) is 71.5 Å². The quantitative estimate of drug-likeness (QED) is 0.582. The van der Waals surface area contributed by atoms with Gasteiger partial charge in [-0.3, -0.25) is 24.0 Å². The fourth-order valence-electron chi connectivity index (χ4n) is 5.46. The van der Waals surface area contributed by atoms with E-state index in [9.17, 15) is 9.59 Å². The van der Waals surface area contributed by atoms with Crippen LogP contribution in [0.25, 0.3) is 0 Å². The van der Waals surface area contributed by atoms with Crippen LogP contribution in [0.15, 0.2) is 34.1 Å². The molecule has 12 heteroatoms. The minimum Gasteiger partial charge on any atom is -0.490 e. The molecule has 1 saturated heterocycles. The Morgan fingerprint density at radius 1 is 1.14 bits per heavy atom. The molecule has 1 fully saturated rings. The number of fused-ring (bicyclic) bond motifs is 1. The second-order valence-corrected chi connectivity index (χ2v) is 10.5. The standard InChI is InChI=1S/C24H30N6O3S.2ClH/c31-22-2-1-19-24-29(23(32)14-27-19)8-5-18(30(22)24)15-28-6-3-16(4-7-28)25-12-17-11-21-20(13-26-17)33-9-10-34-21;;/h1-2,11,13,16,18,25,27H,3-10,12,14-15H2;2*1H/t18-;;/m0../s1. The summed E-state index contributed by atoms with van der Waals surface area (Å²) in [6.07, 6.45) is 4.80. The van der Waals surface area contributed by atoms with E-state index >= 15 is 0 Å². The Morgan fingerprint density at radius 2 is 1.97 bits per heavy atom.